The van der Waals surface area contributed by atoms with Crippen LogP contribution in [0.3, 0.4) is 0 Å². The van der Waals surface area contributed by atoms with Gasteiger partial charge in [0.05, 0.1) is 18.9 Å². The van der Waals surface area contributed by atoms with Gasteiger partial charge in [-0.1, -0.05) is 0 Å². The summed E-state index contributed by atoms with van der Waals surface area (Å²) in [7, 11) is 0. The minimum absolute atomic E-state index is 0.0278. The van der Waals surface area contributed by atoms with E-state index in [1.54, 1.807) is 17.0 Å². The fourth-order valence-corrected chi connectivity index (χ4v) is 2.41. The average molecular weight is 323 g/mol. The van der Waals surface area contributed by atoms with E-state index < -0.39 is 6.61 Å². The second-order valence-electron chi connectivity index (χ2n) is 4.92. The molecule has 6 nitrogen and oxygen atoms in total. The third kappa shape index (κ3) is 3.48. The van der Waals surface area contributed by atoms with E-state index in [1.807, 2.05) is 0 Å². The summed E-state index contributed by atoms with van der Waals surface area (Å²) in [5, 5.41) is 3.32. The number of anilines is 1. The Morgan fingerprint density at radius 3 is 2.83 bits per heavy atom. The van der Waals surface area contributed by atoms with Crippen LogP contribution < -0.4 is 10.1 Å². The van der Waals surface area contributed by atoms with Gasteiger partial charge in [0.15, 0.2) is 5.75 Å². The number of hydrogen-bond acceptors (Lipinski definition) is 4. The zero-order chi connectivity index (χ0) is 16.2. The fourth-order valence-electron chi connectivity index (χ4n) is 2.41. The Bertz CT molecular complexity index is 705. The van der Waals surface area contributed by atoms with Crippen molar-refractivity contribution in [2.24, 2.45) is 0 Å². The van der Waals surface area contributed by atoms with E-state index >= 15 is 0 Å². The van der Waals surface area contributed by atoms with E-state index in [1.165, 1.54) is 18.3 Å². The molecule has 8 heteroatoms. The Kier molecular flexibility index (Phi) is 4.52. The molecule has 2 aromatic rings. The molecule has 0 unspecified atom stereocenters. The molecule has 1 aliphatic rings. The summed E-state index contributed by atoms with van der Waals surface area (Å²) >= 11 is 0. The summed E-state index contributed by atoms with van der Waals surface area (Å²) in [6.45, 7) is -0.925. The predicted molar refractivity (Wildman–Crippen MR) is 79.8 cm³/mol. The number of alkyl halides is 2. The third-order valence-electron chi connectivity index (χ3n) is 3.49. The van der Waals surface area contributed by atoms with Crippen LogP contribution in [0.25, 0.3) is 10.9 Å². The highest BCUT2D eigenvalue weighted by Crippen LogP contribution is 2.31. The first-order chi connectivity index (χ1) is 11.1. The van der Waals surface area contributed by atoms with Gasteiger partial charge in [0.1, 0.15) is 5.52 Å². The fraction of sp³-hybridized carbons (Fsp3) is 0.333. The highest BCUT2D eigenvalue weighted by Gasteiger charge is 2.18. The Hall–Kier alpha value is -2.48. The third-order valence-corrected chi connectivity index (χ3v) is 3.49. The first-order valence-corrected chi connectivity index (χ1v) is 7.11. The lowest BCUT2D eigenvalue weighted by molar-refractivity contribution is -0.0489. The summed E-state index contributed by atoms with van der Waals surface area (Å²) in [4.78, 5) is 18.0. The Morgan fingerprint density at radius 1 is 1.30 bits per heavy atom. The van der Waals surface area contributed by atoms with E-state index in [4.69, 9.17) is 4.74 Å². The van der Waals surface area contributed by atoms with E-state index in [0.717, 1.165) is 0 Å². The highest BCUT2D eigenvalue weighted by molar-refractivity contribution is 6.02. The van der Waals surface area contributed by atoms with Gasteiger partial charge in [0.25, 0.3) is 0 Å². The number of fused-ring (bicyclic) bond motifs is 1. The standard InChI is InChI=1S/C15H15F2N3O3/c16-14(17)23-12-4-3-11(10-2-1-5-18-13(10)12)19-15(21)20-6-8-22-9-7-20/h1-5,14H,6-9H2,(H,19,21). The van der Waals surface area contributed by atoms with Crippen LogP contribution in [0, 0.1) is 0 Å². The lowest BCUT2D eigenvalue weighted by atomic mass is 10.1. The molecule has 0 bridgehead atoms. The van der Waals surface area contributed by atoms with Crippen LogP contribution in [0.15, 0.2) is 30.5 Å². The smallest absolute Gasteiger partial charge is 0.387 e. The second kappa shape index (κ2) is 6.74. The number of ether oxygens (including phenoxy) is 2. The predicted octanol–water partition coefficient (Wildman–Crippen LogP) is 2.70. The molecule has 0 aliphatic carbocycles. The van der Waals surface area contributed by atoms with Gasteiger partial charge in [-0.15, -0.1) is 0 Å². The molecule has 1 fully saturated rings. The molecule has 2 heterocycles. The van der Waals surface area contributed by atoms with E-state index in [9.17, 15) is 13.6 Å². The lowest BCUT2D eigenvalue weighted by Crippen LogP contribution is -2.43. The number of halogens is 2. The number of pyridine rings is 1. The van der Waals surface area contributed by atoms with Crippen molar-refractivity contribution in [3.05, 3.63) is 30.5 Å². The van der Waals surface area contributed by atoms with Gasteiger partial charge in [-0.05, 0) is 24.3 Å². The highest BCUT2D eigenvalue weighted by atomic mass is 19.3. The number of urea groups is 1. The van der Waals surface area contributed by atoms with E-state index in [2.05, 4.69) is 15.0 Å². The summed E-state index contributed by atoms with van der Waals surface area (Å²) in [5.41, 5.74) is 0.763. The van der Waals surface area contributed by atoms with Gasteiger partial charge in [-0.25, -0.2) is 4.79 Å². The monoisotopic (exact) mass is 323 g/mol. The number of carbonyl (C=O) groups excluding carboxylic acids is 1. The zero-order valence-corrected chi connectivity index (χ0v) is 12.2. The van der Waals surface area contributed by atoms with E-state index in [-0.39, 0.29) is 17.3 Å². The van der Waals surface area contributed by atoms with Crippen molar-refractivity contribution >= 4 is 22.6 Å². The number of amides is 2. The molecule has 122 valence electrons. The topological polar surface area (TPSA) is 63.7 Å². The van der Waals surface area contributed by atoms with Gasteiger partial charge < -0.3 is 19.7 Å². The van der Waals surface area contributed by atoms with E-state index in [0.29, 0.717) is 37.4 Å². The number of aromatic nitrogens is 1. The van der Waals surface area contributed by atoms with Gasteiger partial charge >= 0.3 is 12.6 Å². The molecule has 1 N–H and O–H groups in total. The summed E-state index contributed by atoms with van der Waals surface area (Å²) in [5.74, 6) is -0.0278. The van der Waals surface area contributed by atoms with Crippen LogP contribution in [0.1, 0.15) is 0 Å². The van der Waals surface area contributed by atoms with Crippen LogP contribution >= 0.6 is 0 Å². The molecule has 1 aromatic carbocycles. The zero-order valence-electron chi connectivity index (χ0n) is 12.2. The van der Waals surface area contributed by atoms with Gasteiger partial charge in [-0.2, -0.15) is 8.78 Å². The summed E-state index contributed by atoms with van der Waals surface area (Å²) in [6.07, 6.45) is 1.48. The van der Waals surface area contributed by atoms with Crippen molar-refractivity contribution in [2.45, 2.75) is 6.61 Å². The number of hydrogen-bond donors (Lipinski definition) is 1. The maximum atomic E-state index is 12.5. The van der Waals surface area contributed by atoms with Gasteiger partial charge in [0.2, 0.25) is 0 Å². The molecule has 0 radical (unpaired) electrons. The van der Waals surface area contributed by atoms with Crippen molar-refractivity contribution in [3.8, 4) is 5.75 Å². The molecular weight excluding hydrogens is 308 g/mol. The molecular formula is C15H15F2N3O3. The van der Waals surface area contributed by atoms with Crippen molar-refractivity contribution in [1.82, 2.24) is 9.88 Å². The lowest BCUT2D eigenvalue weighted by Gasteiger charge is -2.27. The maximum absolute atomic E-state index is 12.5. The molecule has 0 atom stereocenters. The molecule has 0 saturated carbocycles. The molecule has 3 rings (SSSR count). The number of nitrogens with one attached hydrogen (secondary N) is 1. The molecule has 0 spiro atoms. The quantitative estimate of drug-likeness (QED) is 0.943. The normalized spacial score (nSPS) is 15.0. The van der Waals surface area contributed by atoms with Crippen LogP contribution in [-0.4, -0.2) is 48.8 Å². The molecule has 1 saturated heterocycles. The van der Waals surface area contributed by atoms with Gasteiger partial charge in [-0.3, -0.25) is 4.98 Å². The number of rotatable bonds is 3. The number of benzene rings is 1. The van der Waals surface area contributed by atoms with Crippen LogP contribution in [0.2, 0.25) is 0 Å². The van der Waals surface area contributed by atoms with Crippen molar-refractivity contribution in [1.29, 1.82) is 0 Å². The second-order valence-corrected chi connectivity index (χ2v) is 4.92. The minimum Gasteiger partial charge on any atom is -0.432 e. The molecule has 1 aromatic heterocycles. The summed E-state index contributed by atoms with van der Waals surface area (Å²) < 4.78 is 34.6. The number of nitrogens with zero attached hydrogens (tertiary/aromatic N) is 2. The Morgan fingerprint density at radius 2 is 2.09 bits per heavy atom. The Labute approximate surface area is 131 Å². The van der Waals surface area contributed by atoms with Crippen LogP contribution in [-0.2, 0) is 4.74 Å². The van der Waals surface area contributed by atoms with Crippen LogP contribution in [0.4, 0.5) is 19.3 Å². The van der Waals surface area contributed by atoms with Crippen LogP contribution in [0.5, 0.6) is 5.75 Å². The molecule has 1 aliphatic heterocycles. The minimum atomic E-state index is -2.94. The number of carbonyl (C=O) groups is 1. The summed E-state index contributed by atoms with van der Waals surface area (Å²) in [6, 6.07) is 5.99. The molecule has 2 amide bonds. The largest absolute Gasteiger partial charge is 0.432 e. The first kappa shape index (κ1) is 15.4. The maximum Gasteiger partial charge on any atom is 0.387 e. The van der Waals surface area contributed by atoms with Crippen molar-refractivity contribution < 1.29 is 23.0 Å². The SMILES string of the molecule is O=C(Nc1ccc(OC(F)F)c2ncccc12)N1CCOCC1. The molecule has 23 heavy (non-hydrogen) atoms. The van der Waals surface area contributed by atoms with Gasteiger partial charge in [0, 0.05) is 24.7 Å². The Balaban J connectivity index is 1.87. The number of morpholine rings is 1. The first-order valence-electron chi connectivity index (χ1n) is 7.11. The average Bonchev–Trinajstić information content (AvgIpc) is 2.57. The van der Waals surface area contributed by atoms with Crippen molar-refractivity contribution in [3.63, 3.8) is 0 Å². The van der Waals surface area contributed by atoms with Crippen molar-refractivity contribution in [2.75, 3.05) is 31.6 Å².